The highest BCUT2D eigenvalue weighted by molar-refractivity contribution is 6.00. The van der Waals surface area contributed by atoms with Crippen LogP contribution in [0.2, 0.25) is 0 Å². The van der Waals surface area contributed by atoms with Gasteiger partial charge in [0, 0.05) is 18.3 Å². The molecule has 7 heteroatoms. The molecule has 1 amide bonds. The molecule has 29 heavy (non-hydrogen) atoms. The lowest BCUT2D eigenvalue weighted by atomic mass is 10.1. The first-order valence-electron chi connectivity index (χ1n) is 9.21. The highest BCUT2D eigenvalue weighted by Crippen LogP contribution is 2.25. The predicted octanol–water partition coefficient (Wildman–Crippen LogP) is 3.95. The summed E-state index contributed by atoms with van der Waals surface area (Å²) in [5.74, 6) is -0.215. The number of nitrogens with zero attached hydrogens (tertiary/aromatic N) is 3. The van der Waals surface area contributed by atoms with Crippen molar-refractivity contribution < 1.29 is 13.7 Å². The van der Waals surface area contributed by atoms with Crippen molar-refractivity contribution in [3.8, 4) is 16.9 Å². The topological polar surface area (TPSA) is 73.0 Å². The number of amides is 1. The van der Waals surface area contributed by atoms with Crippen molar-refractivity contribution in [3.63, 3.8) is 0 Å². The number of carbonyl (C=O) groups is 1. The zero-order valence-corrected chi connectivity index (χ0v) is 15.8. The molecule has 0 bridgehead atoms. The Labute approximate surface area is 167 Å². The first-order valence-corrected chi connectivity index (χ1v) is 9.21. The van der Waals surface area contributed by atoms with Crippen molar-refractivity contribution in [3.05, 3.63) is 89.7 Å². The van der Waals surface area contributed by atoms with Crippen LogP contribution in [-0.2, 0) is 6.42 Å². The summed E-state index contributed by atoms with van der Waals surface area (Å²) >= 11 is 0. The van der Waals surface area contributed by atoms with E-state index < -0.39 is 0 Å². The molecule has 2 aromatic heterocycles. The van der Waals surface area contributed by atoms with Crippen LogP contribution in [0.4, 0.5) is 4.39 Å². The van der Waals surface area contributed by atoms with Crippen LogP contribution >= 0.6 is 0 Å². The summed E-state index contributed by atoms with van der Waals surface area (Å²) in [4.78, 5) is 12.7. The minimum absolute atomic E-state index is 0.279. The van der Waals surface area contributed by atoms with E-state index in [9.17, 15) is 9.18 Å². The third kappa shape index (κ3) is 4.08. The van der Waals surface area contributed by atoms with E-state index in [0.717, 1.165) is 11.3 Å². The summed E-state index contributed by atoms with van der Waals surface area (Å²) in [6.45, 7) is 2.12. The van der Waals surface area contributed by atoms with Gasteiger partial charge in [-0.25, -0.2) is 9.07 Å². The smallest absolute Gasteiger partial charge is 0.257 e. The number of rotatable bonds is 6. The normalized spacial score (nSPS) is 10.8. The summed E-state index contributed by atoms with van der Waals surface area (Å²) < 4.78 is 20.2. The second-order valence-corrected chi connectivity index (χ2v) is 6.60. The molecule has 4 aromatic rings. The van der Waals surface area contributed by atoms with E-state index in [1.165, 1.54) is 12.1 Å². The van der Waals surface area contributed by atoms with E-state index in [0.29, 0.717) is 35.5 Å². The van der Waals surface area contributed by atoms with Crippen LogP contribution in [0, 0.1) is 12.7 Å². The monoisotopic (exact) mass is 390 g/mol. The van der Waals surface area contributed by atoms with Crippen LogP contribution in [-0.4, -0.2) is 27.4 Å². The van der Waals surface area contributed by atoms with Gasteiger partial charge in [0.15, 0.2) is 0 Å². The van der Waals surface area contributed by atoms with Crippen LogP contribution in [0.25, 0.3) is 16.9 Å². The Kier molecular flexibility index (Phi) is 5.20. The van der Waals surface area contributed by atoms with Crippen molar-refractivity contribution in [2.45, 2.75) is 13.3 Å². The molecule has 0 fully saturated rings. The van der Waals surface area contributed by atoms with Crippen LogP contribution in [0.3, 0.4) is 0 Å². The maximum atomic E-state index is 13.2. The van der Waals surface area contributed by atoms with Gasteiger partial charge >= 0.3 is 0 Å². The Morgan fingerprint density at radius 3 is 2.66 bits per heavy atom. The molecule has 0 aliphatic heterocycles. The number of benzene rings is 2. The zero-order valence-electron chi connectivity index (χ0n) is 15.8. The Bertz CT molecular complexity index is 1120. The first kappa shape index (κ1) is 18.6. The van der Waals surface area contributed by atoms with Crippen LogP contribution in [0.1, 0.15) is 21.7 Å². The Hall–Kier alpha value is -3.74. The van der Waals surface area contributed by atoms with Gasteiger partial charge in [-0.1, -0.05) is 23.4 Å². The largest absolute Gasteiger partial charge is 0.360 e. The Morgan fingerprint density at radius 1 is 1.14 bits per heavy atom. The molecule has 146 valence electrons. The van der Waals surface area contributed by atoms with Gasteiger partial charge in [-0.15, -0.1) is 0 Å². The molecule has 0 saturated heterocycles. The molecule has 2 heterocycles. The maximum Gasteiger partial charge on any atom is 0.257 e. The number of hydrogen-bond donors (Lipinski definition) is 1. The molecule has 0 saturated carbocycles. The summed E-state index contributed by atoms with van der Waals surface area (Å²) in [6.07, 6.45) is 4.36. The first-order chi connectivity index (χ1) is 14.1. The predicted molar refractivity (Wildman–Crippen MR) is 106 cm³/mol. The van der Waals surface area contributed by atoms with Gasteiger partial charge in [0.25, 0.3) is 5.91 Å². The van der Waals surface area contributed by atoms with Crippen LogP contribution in [0.15, 0.2) is 71.5 Å². The highest BCUT2D eigenvalue weighted by atomic mass is 19.1. The summed E-state index contributed by atoms with van der Waals surface area (Å²) in [7, 11) is 0. The molecule has 6 nitrogen and oxygen atoms in total. The number of para-hydroxylation sites is 1. The average molecular weight is 390 g/mol. The van der Waals surface area contributed by atoms with Crippen molar-refractivity contribution in [1.82, 2.24) is 20.3 Å². The fraction of sp³-hybridized carbons (Fsp3) is 0.136. The van der Waals surface area contributed by atoms with Gasteiger partial charge in [0.1, 0.15) is 22.8 Å². The molecule has 0 aliphatic carbocycles. The van der Waals surface area contributed by atoms with Gasteiger partial charge in [-0.05, 0) is 55.3 Å². The Morgan fingerprint density at radius 2 is 1.90 bits per heavy atom. The number of aryl methyl sites for hydroxylation is 1. The molecule has 0 unspecified atom stereocenters. The van der Waals surface area contributed by atoms with E-state index in [2.05, 4.69) is 15.6 Å². The number of nitrogens with one attached hydrogen (secondary N) is 1. The second kappa shape index (κ2) is 8.10. The van der Waals surface area contributed by atoms with Crippen LogP contribution in [0.5, 0.6) is 0 Å². The molecule has 0 atom stereocenters. The molecule has 0 aliphatic rings. The number of hydrogen-bond acceptors (Lipinski definition) is 4. The van der Waals surface area contributed by atoms with Crippen LogP contribution < -0.4 is 5.32 Å². The fourth-order valence-electron chi connectivity index (χ4n) is 3.06. The molecule has 0 radical (unpaired) electrons. The summed E-state index contributed by atoms with van der Waals surface area (Å²) in [5.41, 5.74) is 3.37. The molecule has 0 spiro atoms. The van der Waals surface area contributed by atoms with Gasteiger partial charge in [-0.3, -0.25) is 4.79 Å². The SMILES string of the molecule is Cc1onc(-c2ccc(F)cc2)c1C(=O)NCCc1cnn(-c2ccccc2)c1. The minimum atomic E-state index is -0.351. The molecule has 1 N–H and O–H groups in total. The van der Waals surface area contributed by atoms with Crippen molar-refractivity contribution in [1.29, 1.82) is 0 Å². The van der Waals surface area contributed by atoms with E-state index in [1.807, 2.05) is 36.5 Å². The second-order valence-electron chi connectivity index (χ2n) is 6.60. The lowest BCUT2D eigenvalue weighted by Crippen LogP contribution is -2.26. The van der Waals surface area contributed by atoms with Gasteiger partial charge in [0.05, 0.1) is 11.9 Å². The quantitative estimate of drug-likeness (QED) is 0.541. The molecule has 2 aromatic carbocycles. The maximum absolute atomic E-state index is 13.2. The van der Waals surface area contributed by atoms with Gasteiger partial charge in [-0.2, -0.15) is 5.10 Å². The zero-order chi connectivity index (χ0) is 20.2. The van der Waals surface area contributed by atoms with Crippen molar-refractivity contribution >= 4 is 5.91 Å². The molecular formula is C22H19FN4O2. The summed E-state index contributed by atoms with van der Waals surface area (Å²) in [6, 6.07) is 15.6. The third-order valence-corrected chi connectivity index (χ3v) is 4.56. The lowest BCUT2D eigenvalue weighted by Gasteiger charge is -2.05. The standard InChI is InChI=1S/C22H19FN4O2/c1-15-20(21(26-29-15)17-7-9-18(23)10-8-17)22(28)24-12-11-16-13-25-27(14-16)19-5-3-2-4-6-19/h2-10,13-14H,11-12H2,1H3,(H,24,28). The number of aromatic nitrogens is 3. The summed E-state index contributed by atoms with van der Waals surface area (Å²) in [5, 5.41) is 11.2. The Balaban J connectivity index is 1.41. The number of carbonyl (C=O) groups excluding carboxylic acids is 1. The van der Waals surface area contributed by atoms with Gasteiger partial charge in [0.2, 0.25) is 0 Å². The van der Waals surface area contributed by atoms with E-state index in [1.54, 1.807) is 29.9 Å². The van der Waals surface area contributed by atoms with Crippen molar-refractivity contribution in [2.24, 2.45) is 0 Å². The van der Waals surface area contributed by atoms with E-state index >= 15 is 0 Å². The van der Waals surface area contributed by atoms with Gasteiger partial charge < -0.3 is 9.84 Å². The van der Waals surface area contributed by atoms with Crippen molar-refractivity contribution in [2.75, 3.05) is 6.54 Å². The number of halogens is 1. The minimum Gasteiger partial charge on any atom is -0.360 e. The molecular weight excluding hydrogens is 371 g/mol. The molecule has 4 rings (SSSR count). The highest BCUT2D eigenvalue weighted by Gasteiger charge is 2.21. The fourth-order valence-corrected chi connectivity index (χ4v) is 3.06. The van der Waals surface area contributed by atoms with E-state index in [-0.39, 0.29) is 11.7 Å². The van der Waals surface area contributed by atoms with E-state index in [4.69, 9.17) is 4.52 Å². The lowest BCUT2D eigenvalue weighted by molar-refractivity contribution is 0.0953. The average Bonchev–Trinajstić information content (AvgIpc) is 3.36. The third-order valence-electron chi connectivity index (χ3n) is 4.56.